The van der Waals surface area contributed by atoms with Gasteiger partial charge in [-0.1, -0.05) is 51.0 Å². The van der Waals surface area contributed by atoms with Crippen LogP contribution < -0.4 is 10.6 Å². The quantitative estimate of drug-likeness (QED) is 0.224. The molecule has 1 aliphatic heterocycles. The van der Waals surface area contributed by atoms with Crippen molar-refractivity contribution >= 4 is 5.91 Å². The van der Waals surface area contributed by atoms with Gasteiger partial charge < -0.3 is 20.5 Å². The van der Waals surface area contributed by atoms with Crippen molar-refractivity contribution in [3.8, 4) is 0 Å². The Balaban J connectivity index is 1.47. The first-order chi connectivity index (χ1) is 20.8. The van der Waals surface area contributed by atoms with Gasteiger partial charge in [0.1, 0.15) is 11.6 Å². The molecule has 0 radical (unpaired) electrons. The molecule has 3 atom stereocenters. The lowest BCUT2D eigenvalue weighted by Crippen LogP contribution is -2.56. The highest BCUT2D eigenvalue weighted by Gasteiger charge is 2.44. The van der Waals surface area contributed by atoms with Crippen LogP contribution in [0.1, 0.15) is 82.4 Å². The number of piperidine rings is 1. The molecule has 3 N–H and O–H groups in total. The molecule has 2 aromatic rings. The van der Waals surface area contributed by atoms with Crippen molar-refractivity contribution in [3.05, 3.63) is 70.8 Å². The number of benzene rings is 2. The average molecular weight is 600 g/mol. The molecular weight excluding hydrogens is 548 g/mol. The van der Waals surface area contributed by atoms with Crippen LogP contribution in [0.3, 0.4) is 0 Å². The van der Waals surface area contributed by atoms with Gasteiger partial charge in [-0.05, 0) is 99.7 Å². The van der Waals surface area contributed by atoms with Crippen LogP contribution in [0.2, 0.25) is 0 Å². The van der Waals surface area contributed by atoms with Crippen molar-refractivity contribution in [1.29, 1.82) is 0 Å². The third kappa shape index (κ3) is 9.55. The number of likely N-dealkylation sites (tertiary alicyclic amines) is 1. The summed E-state index contributed by atoms with van der Waals surface area (Å²) in [6.07, 6.45) is 6.65. The molecule has 1 saturated carbocycles. The van der Waals surface area contributed by atoms with Gasteiger partial charge in [0.25, 0.3) is 0 Å². The van der Waals surface area contributed by atoms with Crippen molar-refractivity contribution in [3.63, 3.8) is 0 Å². The predicted octanol–water partition coefficient (Wildman–Crippen LogP) is 5.50. The van der Waals surface area contributed by atoms with E-state index in [2.05, 4.69) is 53.6 Å². The van der Waals surface area contributed by atoms with E-state index in [1.54, 1.807) is 0 Å². The molecule has 0 bridgehead atoms. The number of ether oxygens (including phenoxy) is 1. The summed E-state index contributed by atoms with van der Waals surface area (Å²) < 4.78 is 33.9. The molecule has 1 saturated heterocycles. The SMILES string of the molecule is CCCC[C@@H](C(=O)N[C@@H](Cc1cc(F)cc(F)c1)[C@H](O)CNC1(c2cccc(CC)c2)CC1)N1CCC(COCC)CC1. The van der Waals surface area contributed by atoms with E-state index < -0.39 is 23.8 Å². The summed E-state index contributed by atoms with van der Waals surface area (Å²) in [4.78, 5) is 16.2. The van der Waals surface area contributed by atoms with Crippen LogP contribution in [0.25, 0.3) is 0 Å². The molecule has 1 amide bonds. The number of aliphatic hydroxyl groups excluding tert-OH is 1. The Morgan fingerprint density at radius 3 is 2.42 bits per heavy atom. The summed E-state index contributed by atoms with van der Waals surface area (Å²) in [6, 6.07) is 10.9. The van der Waals surface area contributed by atoms with Crippen LogP contribution in [-0.2, 0) is 27.9 Å². The van der Waals surface area contributed by atoms with Crippen molar-refractivity contribution in [2.24, 2.45) is 5.92 Å². The van der Waals surface area contributed by atoms with Gasteiger partial charge in [0.2, 0.25) is 5.91 Å². The van der Waals surface area contributed by atoms with Crippen molar-refractivity contribution < 1.29 is 23.4 Å². The number of unbranched alkanes of at least 4 members (excludes halogenated alkanes) is 1. The molecule has 1 heterocycles. The molecule has 238 valence electrons. The fourth-order valence-corrected chi connectivity index (χ4v) is 6.36. The number of nitrogens with zero attached hydrogens (tertiary/aromatic N) is 1. The molecule has 1 aliphatic carbocycles. The van der Waals surface area contributed by atoms with E-state index in [0.29, 0.717) is 18.1 Å². The maximum absolute atomic E-state index is 14.1. The maximum atomic E-state index is 14.1. The normalized spacial score (nSPS) is 19.1. The van der Waals surface area contributed by atoms with Crippen LogP contribution in [0.4, 0.5) is 8.78 Å². The standard InChI is InChI=1S/C35H51F2N3O3/c1-4-7-11-32(40-16-12-26(13-17-40)24-43-6-3)34(42)39-31(21-27-19-29(36)22-30(37)20-27)33(41)23-38-35(14-15-35)28-10-8-9-25(5-2)18-28/h8-10,18-20,22,26,31-33,38,41H,4-7,11-17,21,23-24H2,1-3H3,(H,39,42)/t31-,32-,33+/m0/s1. The first kappa shape index (κ1) is 33.5. The van der Waals surface area contributed by atoms with E-state index in [-0.39, 0.29) is 30.5 Å². The minimum atomic E-state index is -0.953. The van der Waals surface area contributed by atoms with E-state index in [1.165, 1.54) is 23.3 Å². The summed E-state index contributed by atoms with van der Waals surface area (Å²) in [5.41, 5.74) is 2.69. The Labute approximate surface area is 256 Å². The minimum absolute atomic E-state index is 0.124. The maximum Gasteiger partial charge on any atom is 0.237 e. The van der Waals surface area contributed by atoms with Gasteiger partial charge in [0.05, 0.1) is 18.2 Å². The van der Waals surface area contributed by atoms with Gasteiger partial charge in [0, 0.05) is 31.4 Å². The molecule has 0 aromatic heterocycles. The molecule has 0 spiro atoms. The summed E-state index contributed by atoms with van der Waals surface area (Å²) in [7, 11) is 0. The number of aryl methyl sites for hydroxylation is 1. The lowest BCUT2D eigenvalue weighted by Gasteiger charge is -2.38. The fourth-order valence-electron chi connectivity index (χ4n) is 6.36. The number of amides is 1. The molecule has 0 unspecified atom stereocenters. The lowest BCUT2D eigenvalue weighted by molar-refractivity contribution is -0.129. The summed E-state index contributed by atoms with van der Waals surface area (Å²) >= 11 is 0. The molecule has 43 heavy (non-hydrogen) atoms. The minimum Gasteiger partial charge on any atom is -0.390 e. The van der Waals surface area contributed by atoms with Gasteiger partial charge >= 0.3 is 0 Å². The summed E-state index contributed by atoms with van der Waals surface area (Å²) in [5.74, 6) is -0.968. The van der Waals surface area contributed by atoms with Crippen molar-refractivity contribution in [1.82, 2.24) is 15.5 Å². The second-order valence-corrected chi connectivity index (χ2v) is 12.5. The van der Waals surface area contributed by atoms with Crippen LogP contribution in [0.5, 0.6) is 0 Å². The Morgan fingerprint density at radius 2 is 1.79 bits per heavy atom. The van der Waals surface area contributed by atoms with Crippen molar-refractivity contribution in [2.45, 2.75) is 102 Å². The van der Waals surface area contributed by atoms with Gasteiger partial charge in [0.15, 0.2) is 0 Å². The van der Waals surface area contributed by atoms with Crippen LogP contribution in [-0.4, -0.2) is 66.9 Å². The average Bonchev–Trinajstić information content (AvgIpc) is 3.80. The number of carbonyl (C=O) groups is 1. The molecule has 4 rings (SSSR count). The second-order valence-electron chi connectivity index (χ2n) is 12.5. The third-order valence-electron chi connectivity index (χ3n) is 9.24. The van der Waals surface area contributed by atoms with Crippen LogP contribution >= 0.6 is 0 Å². The molecule has 2 aromatic carbocycles. The largest absolute Gasteiger partial charge is 0.390 e. The fraction of sp³-hybridized carbons (Fsp3) is 0.629. The zero-order valence-electron chi connectivity index (χ0n) is 26.2. The Kier molecular flexibility index (Phi) is 12.5. The topological polar surface area (TPSA) is 73.8 Å². The second kappa shape index (κ2) is 16.1. The van der Waals surface area contributed by atoms with E-state index >= 15 is 0 Å². The number of halogens is 2. The smallest absolute Gasteiger partial charge is 0.237 e. The number of carbonyl (C=O) groups excluding carboxylic acids is 1. The monoisotopic (exact) mass is 599 g/mol. The summed E-state index contributed by atoms with van der Waals surface area (Å²) in [5, 5.41) is 18.2. The highest BCUT2D eigenvalue weighted by atomic mass is 19.1. The number of hydrogen-bond donors (Lipinski definition) is 3. The predicted molar refractivity (Wildman–Crippen MR) is 167 cm³/mol. The molecule has 8 heteroatoms. The summed E-state index contributed by atoms with van der Waals surface area (Å²) in [6.45, 7) is 9.62. The number of hydrogen-bond acceptors (Lipinski definition) is 5. The van der Waals surface area contributed by atoms with Crippen LogP contribution in [0.15, 0.2) is 42.5 Å². The zero-order valence-corrected chi connectivity index (χ0v) is 26.2. The molecule has 2 aliphatic rings. The van der Waals surface area contributed by atoms with Gasteiger partial charge in [-0.2, -0.15) is 0 Å². The first-order valence-electron chi connectivity index (χ1n) is 16.4. The van der Waals surface area contributed by atoms with Crippen molar-refractivity contribution in [2.75, 3.05) is 32.8 Å². The van der Waals surface area contributed by atoms with Gasteiger partial charge in [-0.15, -0.1) is 0 Å². The number of aliphatic hydroxyl groups is 1. The van der Waals surface area contributed by atoms with E-state index in [0.717, 1.165) is 77.1 Å². The first-order valence-corrected chi connectivity index (χ1v) is 16.4. The van der Waals surface area contributed by atoms with E-state index in [1.807, 2.05) is 6.92 Å². The molecular formula is C35H51F2N3O3. The highest BCUT2D eigenvalue weighted by Crippen LogP contribution is 2.45. The van der Waals surface area contributed by atoms with E-state index in [4.69, 9.17) is 4.74 Å². The lowest BCUT2D eigenvalue weighted by atomic mass is 9.94. The Morgan fingerprint density at radius 1 is 1.07 bits per heavy atom. The zero-order chi connectivity index (χ0) is 30.8. The van der Waals surface area contributed by atoms with Gasteiger partial charge in [-0.3, -0.25) is 9.69 Å². The van der Waals surface area contributed by atoms with E-state index in [9.17, 15) is 18.7 Å². The Bertz CT molecular complexity index is 1150. The number of nitrogens with one attached hydrogen (secondary N) is 2. The van der Waals surface area contributed by atoms with Crippen LogP contribution in [0, 0.1) is 17.6 Å². The number of rotatable bonds is 17. The Hall–Kier alpha value is -2.39. The van der Waals surface area contributed by atoms with Gasteiger partial charge in [-0.25, -0.2) is 8.78 Å². The highest BCUT2D eigenvalue weighted by molar-refractivity contribution is 5.82. The third-order valence-corrected chi connectivity index (χ3v) is 9.24. The molecule has 2 fully saturated rings. The molecule has 6 nitrogen and oxygen atoms in total.